The number of carbonyl (C=O) groups excluding carboxylic acids is 1. The van der Waals surface area contributed by atoms with Gasteiger partial charge in [0.1, 0.15) is 0 Å². The Morgan fingerprint density at radius 1 is 1.90 bits per heavy atom. The van der Waals surface area contributed by atoms with Crippen LogP contribution in [0.15, 0.2) is 4.99 Å². The molecule has 0 aromatic rings. The van der Waals surface area contributed by atoms with Crippen LogP contribution in [0.5, 0.6) is 0 Å². The molecule has 0 aliphatic carbocycles. The number of amides is 1. The van der Waals surface area contributed by atoms with Crippen LogP contribution in [-0.4, -0.2) is 41.4 Å². The van der Waals surface area contributed by atoms with Crippen LogP contribution < -0.4 is 0 Å². The minimum atomic E-state index is -0.492. The van der Waals surface area contributed by atoms with E-state index in [4.69, 9.17) is 5.11 Å². The number of nitrogens with zero attached hydrogens (tertiary/aromatic N) is 2. The Labute approximate surface area is 59.2 Å². The molecule has 1 N–H and O–H groups in total. The lowest BCUT2D eigenvalue weighted by molar-refractivity contribution is -0.126. The molecule has 1 aliphatic rings. The highest BCUT2D eigenvalue weighted by Crippen LogP contribution is 1.97. The lowest BCUT2D eigenvalue weighted by Gasteiger charge is -2.22. The third-order valence-corrected chi connectivity index (χ3v) is 1.35. The maximum absolute atomic E-state index is 10.7. The summed E-state index contributed by atoms with van der Waals surface area (Å²) in [6.45, 7) is 2.23. The SMILES string of the molecule is CC(=O)N1C=NCC(O)C1. The fourth-order valence-electron chi connectivity index (χ4n) is 0.809. The summed E-state index contributed by atoms with van der Waals surface area (Å²) < 4.78 is 0. The summed E-state index contributed by atoms with van der Waals surface area (Å²) in [6, 6.07) is 0. The molecule has 0 saturated carbocycles. The minimum absolute atomic E-state index is 0.0810. The number of rotatable bonds is 0. The van der Waals surface area contributed by atoms with Gasteiger partial charge < -0.3 is 10.0 Å². The molecule has 0 saturated heterocycles. The predicted octanol–water partition coefficient (Wildman–Crippen LogP) is -0.762. The van der Waals surface area contributed by atoms with E-state index in [-0.39, 0.29) is 5.91 Å². The summed E-state index contributed by atoms with van der Waals surface area (Å²) in [5, 5.41) is 9.02. The first-order chi connectivity index (χ1) is 4.70. The molecule has 1 rings (SSSR count). The van der Waals surface area contributed by atoms with Gasteiger partial charge in [0.25, 0.3) is 0 Å². The van der Waals surface area contributed by atoms with Gasteiger partial charge in [-0.2, -0.15) is 0 Å². The van der Waals surface area contributed by atoms with Crippen molar-refractivity contribution in [2.45, 2.75) is 13.0 Å². The molecule has 1 heterocycles. The Balaban J connectivity index is 2.55. The van der Waals surface area contributed by atoms with Crippen molar-refractivity contribution in [3.05, 3.63) is 0 Å². The van der Waals surface area contributed by atoms with E-state index in [1.54, 1.807) is 0 Å². The fourth-order valence-corrected chi connectivity index (χ4v) is 0.809. The molecule has 0 fully saturated rings. The van der Waals surface area contributed by atoms with E-state index in [9.17, 15) is 4.79 Å². The molecule has 0 spiro atoms. The van der Waals surface area contributed by atoms with E-state index >= 15 is 0 Å². The molecular formula is C6H10N2O2. The second kappa shape index (κ2) is 2.79. The first-order valence-electron chi connectivity index (χ1n) is 3.15. The van der Waals surface area contributed by atoms with Crippen LogP contribution in [0.25, 0.3) is 0 Å². The lowest BCUT2D eigenvalue weighted by Crippen LogP contribution is -2.39. The predicted molar refractivity (Wildman–Crippen MR) is 36.8 cm³/mol. The van der Waals surface area contributed by atoms with Crippen LogP contribution in [0.3, 0.4) is 0 Å². The molecule has 0 aromatic heterocycles. The number of aliphatic hydroxyl groups excluding tert-OH is 1. The van der Waals surface area contributed by atoms with Crippen molar-refractivity contribution < 1.29 is 9.90 Å². The van der Waals surface area contributed by atoms with E-state index in [0.29, 0.717) is 13.1 Å². The van der Waals surface area contributed by atoms with Gasteiger partial charge in [-0.25, -0.2) is 0 Å². The zero-order chi connectivity index (χ0) is 7.56. The highest BCUT2D eigenvalue weighted by Gasteiger charge is 2.15. The van der Waals surface area contributed by atoms with Gasteiger partial charge in [-0.15, -0.1) is 0 Å². The van der Waals surface area contributed by atoms with Gasteiger partial charge in [-0.3, -0.25) is 9.79 Å². The zero-order valence-electron chi connectivity index (χ0n) is 5.82. The van der Waals surface area contributed by atoms with Crippen molar-refractivity contribution in [1.29, 1.82) is 0 Å². The maximum Gasteiger partial charge on any atom is 0.224 e. The summed E-state index contributed by atoms with van der Waals surface area (Å²) in [7, 11) is 0. The number of aliphatic hydroxyl groups is 1. The van der Waals surface area contributed by atoms with E-state index in [0.717, 1.165) is 0 Å². The summed E-state index contributed by atoms with van der Waals surface area (Å²) in [5.74, 6) is -0.0810. The molecule has 0 bridgehead atoms. The van der Waals surface area contributed by atoms with Crippen molar-refractivity contribution in [3.8, 4) is 0 Å². The van der Waals surface area contributed by atoms with Crippen LogP contribution in [0.4, 0.5) is 0 Å². The number of hydrogen-bond acceptors (Lipinski definition) is 3. The van der Waals surface area contributed by atoms with Gasteiger partial charge in [-0.1, -0.05) is 0 Å². The summed E-state index contributed by atoms with van der Waals surface area (Å²) in [6.07, 6.45) is 0.976. The quantitative estimate of drug-likeness (QED) is 0.483. The van der Waals surface area contributed by atoms with Gasteiger partial charge >= 0.3 is 0 Å². The van der Waals surface area contributed by atoms with E-state index in [1.807, 2.05) is 0 Å². The van der Waals surface area contributed by atoms with Crippen molar-refractivity contribution in [3.63, 3.8) is 0 Å². The standard InChI is InChI=1S/C6H10N2O2/c1-5(9)8-3-6(10)2-7-4-8/h4,6,10H,2-3H2,1H3. The van der Waals surface area contributed by atoms with Crippen molar-refractivity contribution in [2.24, 2.45) is 4.99 Å². The topological polar surface area (TPSA) is 52.9 Å². The number of aliphatic imine (C=N–C) groups is 1. The van der Waals surface area contributed by atoms with Gasteiger partial charge in [0.05, 0.1) is 25.5 Å². The summed E-state index contributed by atoms with van der Waals surface area (Å²) in [4.78, 5) is 15.9. The number of β-amino-alcohol motifs (C(OH)–C–C–N with tert-alkyl or cyclic N) is 1. The number of carbonyl (C=O) groups is 1. The first kappa shape index (κ1) is 7.21. The van der Waals surface area contributed by atoms with Gasteiger partial charge in [0.2, 0.25) is 5.91 Å². The lowest BCUT2D eigenvalue weighted by atomic mass is 10.3. The van der Waals surface area contributed by atoms with Crippen molar-refractivity contribution in [1.82, 2.24) is 4.90 Å². The normalized spacial score (nSPS) is 25.0. The third-order valence-electron chi connectivity index (χ3n) is 1.35. The molecule has 4 heteroatoms. The van der Waals surface area contributed by atoms with E-state index < -0.39 is 6.10 Å². The Hall–Kier alpha value is -0.900. The molecule has 1 atom stereocenters. The number of hydrogen-bond donors (Lipinski definition) is 1. The van der Waals surface area contributed by atoms with Crippen LogP contribution in [-0.2, 0) is 4.79 Å². The molecule has 1 unspecified atom stereocenters. The molecular weight excluding hydrogens is 132 g/mol. The molecule has 4 nitrogen and oxygen atoms in total. The average Bonchev–Trinajstić information content (AvgIpc) is 1.88. The van der Waals surface area contributed by atoms with Crippen LogP contribution >= 0.6 is 0 Å². The van der Waals surface area contributed by atoms with Gasteiger partial charge in [-0.05, 0) is 0 Å². The second-order valence-corrected chi connectivity index (χ2v) is 2.31. The maximum atomic E-state index is 10.7. The van der Waals surface area contributed by atoms with E-state index in [2.05, 4.69) is 4.99 Å². The Morgan fingerprint density at radius 2 is 2.60 bits per heavy atom. The Morgan fingerprint density at radius 3 is 3.00 bits per heavy atom. The molecule has 1 aliphatic heterocycles. The Bertz CT molecular complexity index is 167. The fraction of sp³-hybridized carbons (Fsp3) is 0.667. The third kappa shape index (κ3) is 1.54. The highest BCUT2D eigenvalue weighted by atomic mass is 16.3. The average molecular weight is 142 g/mol. The second-order valence-electron chi connectivity index (χ2n) is 2.31. The molecule has 0 radical (unpaired) electrons. The van der Waals surface area contributed by atoms with E-state index in [1.165, 1.54) is 18.2 Å². The molecule has 10 heavy (non-hydrogen) atoms. The van der Waals surface area contributed by atoms with Crippen LogP contribution in [0.1, 0.15) is 6.92 Å². The van der Waals surface area contributed by atoms with Gasteiger partial charge in [0.15, 0.2) is 0 Å². The molecule has 56 valence electrons. The monoisotopic (exact) mass is 142 g/mol. The van der Waals surface area contributed by atoms with Crippen molar-refractivity contribution >= 4 is 12.2 Å². The highest BCUT2D eigenvalue weighted by molar-refractivity contribution is 5.86. The zero-order valence-corrected chi connectivity index (χ0v) is 5.82. The smallest absolute Gasteiger partial charge is 0.224 e. The molecule has 1 amide bonds. The van der Waals surface area contributed by atoms with Gasteiger partial charge in [0, 0.05) is 6.92 Å². The molecule has 0 aromatic carbocycles. The summed E-state index contributed by atoms with van der Waals surface area (Å²) >= 11 is 0. The van der Waals surface area contributed by atoms with Crippen LogP contribution in [0, 0.1) is 0 Å². The van der Waals surface area contributed by atoms with Crippen molar-refractivity contribution in [2.75, 3.05) is 13.1 Å². The minimum Gasteiger partial charge on any atom is -0.389 e. The first-order valence-corrected chi connectivity index (χ1v) is 3.15. The summed E-state index contributed by atoms with van der Waals surface area (Å²) in [5.41, 5.74) is 0. The Kier molecular flexibility index (Phi) is 2.01. The van der Waals surface area contributed by atoms with Crippen LogP contribution in [0.2, 0.25) is 0 Å². The largest absolute Gasteiger partial charge is 0.389 e.